The molecule has 18 heavy (non-hydrogen) atoms. The van der Waals surface area contributed by atoms with E-state index < -0.39 is 0 Å². The lowest BCUT2D eigenvalue weighted by Gasteiger charge is -2.29. The van der Waals surface area contributed by atoms with Crippen molar-refractivity contribution in [2.24, 2.45) is 5.73 Å². The van der Waals surface area contributed by atoms with E-state index in [1.54, 1.807) is 18.4 Å². The van der Waals surface area contributed by atoms with E-state index in [9.17, 15) is 0 Å². The lowest BCUT2D eigenvalue weighted by molar-refractivity contribution is 0.413. The Kier molecular flexibility index (Phi) is 4.23. The first-order valence-corrected chi connectivity index (χ1v) is 6.75. The predicted octanol–water partition coefficient (Wildman–Crippen LogP) is 2.89. The van der Waals surface area contributed by atoms with Crippen LogP contribution in [-0.4, -0.2) is 20.7 Å². The van der Waals surface area contributed by atoms with Gasteiger partial charge in [-0.3, -0.25) is 0 Å². The van der Waals surface area contributed by atoms with E-state index in [0.29, 0.717) is 6.54 Å². The summed E-state index contributed by atoms with van der Waals surface area (Å²) in [4.78, 5) is 3.44. The Morgan fingerprint density at radius 3 is 2.67 bits per heavy atom. The van der Waals surface area contributed by atoms with Gasteiger partial charge in [0.1, 0.15) is 5.75 Å². The van der Waals surface area contributed by atoms with Crippen molar-refractivity contribution in [3.05, 3.63) is 46.7 Å². The Balaban J connectivity index is 2.31. The van der Waals surface area contributed by atoms with Gasteiger partial charge in [0.05, 0.1) is 18.8 Å². The molecule has 0 bridgehead atoms. The first kappa shape index (κ1) is 12.9. The molecule has 1 atom stereocenters. The molecule has 0 spiro atoms. The number of nitrogens with zero attached hydrogens (tertiary/aromatic N) is 1. The first-order valence-electron chi connectivity index (χ1n) is 5.87. The summed E-state index contributed by atoms with van der Waals surface area (Å²) in [7, 11) is 3.74. The van der Waals surface area contributed by atoms with Crippen LogP contribution >= 0.6 is 11.3 Å². The zero-order valence-corrected chi connectivity index (χ0v) is 11.5. The number of methoxy groups -OCH3 is 1. The third kappa shape index (κ3) is 2.49. The van der Waals surface area contributed by atoms with Crippen molar-refractivity contribution in [3.8, 4) is 5.75 Å². The van der Waals surface area contributed by atoms with Gasteiger partial charge in [-0.2, -0.15) is 0 Å². The van der Waals surface area contributed by atoms with Crippen LogP contribution in [0.1, 0.15) is 10.9 Å². The zero-order chi connectivity index (χ0) is 13.0. The molecule has 0 aliphatic heterocycles. The standard InChI is InChI=1S/C14H18N2OS/c1-16(11-6-3-4-7-13(11)17-2)12(10-15)14-8-5-9-18-14/h3-9,12H,10,15H2,1-2H3. The average Bonchev–Trinajstić information content (AvgIpc) is 2.93. The highest BCUT2D eigenvalue weighted by Gasteiger charge is 2.19. The second-order valence-electron chi connectivity index (χ2n) is 4.05. The summed E-state index contributed by atoms with van der Waals surface area (Å²) in [5.41, 5.74) is 6.98. The van der Waals surface area contributed by atoms with Crippen molar-refractivity contribution >= 4 is 17.0 Å². The maximum atomic E-state index is 5.92. The Hall–Kier alpha value is -1.52. The van der Waals surface area contributed by atoms with Crippen LogP contribution in [0, 0.1) is 0 Å². The van der Waals surface area contributed by atoms with E-state index in [1.807, 2.05) is 18.2 Å². The number of rotatable bonds is 5. The SMILES string of the molecule is COc1ccccc1N(C)C(CN)c1cccs1. The molecule has 1 unspecified atom stereocenters. The number of likely N-dealkylation sites (N-methyl/N-ethyl adjacent to an activating group) is 1. The minimum absolute atomic E-state index is 0.182. The maximum Gasteiger partial charge on any atom is 0.142 e. The Morgan fingerprint density at radius 1 is 1.28 bits per heavy atom. The van der Waals surface area contributed by atoms with Gasteiger partial charge in [-0.15, -0.1) is 11.3 Å². The normalized spacial score (nSPS) is 12.2. The Morgan fingerprint density at radius 2 is 2.06 bits per heavy atom. The summed E-state index contributed by atoms with van der Waals surface area (Å²) in [6.45, 7) is 0.578. The maximum absolute atomic E-state index is 5.92. The van der Waals surface area contributed by atoms with Gasteiger partial charge in [-0.1, -0.05) is 18.2 Å². The molecule has 0 fully saturated rings. The quantitative estimate of drug-likeness (QED) is 0.900. The molecule has 2 N–H and O–H groups in total. The van der Waals surface area contributed by atoms with Crippen LogP contribution in [0.25, 0.3) is 0 Å². The fourth-order valence-electron chi connectivity index (χ4n) is 2.04. The predicted molar refractivity (Wildman–Crippen MR) is 77.5 cm³/mol. The first-order chi connectivity index (χ1) is 8.77. The summed E-state index contributed by atoms with van der Waals surface area (Å²) < 4.78 is 5.40. The van der Waals surface area contributed by atoms with Crippen molar-refractivity contribution in [2.75, 3.05) is 25.6 Å². The summed E-state index contributed by atoms with van der Waals surface area (Å²) >= 11 is 1.73. The molecule has 0 saturated carbocycles. The summed E-state index contributed by atoms with van der Waals surface area (Å²) in [5, 5.41) is 2.08. The third-order valence-corrected chi connectivity index (χ3v) is 4.00. The van der Waals surface area contributed by atoms with Crippen LogP contribution in [0.2, 0.25) is 0 Å². The molecule has 1 aromatic carbocycles. The number of ether oxygens (including phenoxy) is 1. The van der Waals surface area contributed by atoms with Crippen LogP contribution < -0.4 is 15.4 Å². The topological polar surface area (TPSA) is 38.5 Å². The van der Waals surface area contributed by atoms with Crippen LogP contribution in [-0.2, 0) is 0 Å². The van der Waals surface area contributed by atoms with E-state index in [4.69, 9.17) is 10.5 Å². The number of thiophene rings is 1. The molecule has 0 amide bonds. The number of nitrogens with two attached hydrogens (primary N) is 1. The van der Waals surface area contributed by atoms with Gasteiger partial charge in [-0.05, 0) is 23.6 Å². The number of hydrogen-bond acceptors (Lipinski definition) is 4. The summed E-state index contributed by atoms with van der Waals surface area (Å²) in [5.74, 6) is 0.870. The fraction of sp³-hybridized carbons (Fsp3) is 0.286. The minimum Gasteiger partial charge on any atom is -0.495 e. The smallest absolute Gasteiger partial charge is 0.142 e. The van der Waals surface area contributed by atoms with Crippen LogP contribution in [0.3, 0.4) is 0 Å². The summed E-state index contributed by atoms with van der Waals surface area (Å²) in [6.07, 6.45) is 0. The average molecular weight is 262 g/mol. The number of anilines is 1. The molecule has 1 aromatic heterocycles. The number of para-hydroxylation sites is 2. The third-order valence-electron chi connectivity index (χ3n) is 3.03. The molecule has 3 nitrogen and oxygen atoms in total. The van der Waals surface area contributed by atoms with Gasteiger partial charge in [0, 0.05) is 18.5 Å². The van der Waals surface area contributed by atoms with Gasteiger partial charge < -0.3 is 15.4 Å². The van der Waals surface area contributed by atoms with Crippen molar-refractivity contribution in [1.82, 2.24) is 0 Å². The molecule has 2 rings (SSSR count). The van der Waals surface area contributed by atoms with E-state index in [1.165, 1.54) is 4.88 Å². The Labute approximate surface area is 112 Å². The Bertz CT molecular complexity index is 484. The van der Waals surface area contributed by atoms with Crippen molar-refractivity contribution < 1.29 is 4.74 Å². The molecule has 4 heteroatoms. The molecule has 0 aliphatic carbocycles. The zero-order valence-electron chi connectivity index (χ0n) is 10.7. The molecule has 96 valence electrons. The molecule has 0 radical (unpaired) electrons. The van der Waals surface area contributed by atoms with Gasteiger partial charge in [0.15, 0.2) is 0 Å². The van der Waals surface area contributed by atoms with Gasteiger partial charge in [-0.25, -0.2) is 0 Å². The van der Waals surface area contributed by atoms with E-state index >= 15 is 0 Å². The van der Waals surface area contributed by atoms with E-state index in [-0.39, 0.29) is 6.04 Å². The van der Waals surface area contributed by atoms with Gasteiger partial charge in [0.25, 0.3) is 0 Å². The second kappa shape index (κ2) is 5.89. The van der Waals surface area contributed by atoms with Crippen LogP contribution in [0.15, 0.2) is 41.8 Å². The highest BCUT2D eigenvalue weighted by atomic mass is 32.1. The minimum atomic E-state index is 0.182. The molecule has 0 aliphatic rings. The van der Waals surface area contributed by atoms with Gasteiger partial charge >= 0.3 is 0 Å². The van der Waals surface area contributed by atoms with Crippen LogP contribution in [0.4, 0.5) is 5.69 Å². The fourth-order valence-corrected chi connectivity index (χ4v) is 2.92. The van der Waals surface area contributed by atoms with Crippen molar-refractivity contribution in [2.45, 2.75) is 6.04 Å². The molecular weight excluding hydrogens is 244 g/mol. The lowest BCUT2D eigenvalue weighted by Crippen LogP contribution is -2.30. The second-order valence-corrected chi connectivity index (χ2v) is 5.03. The lowest BCUT2D eigenvalue weighted by atomic mass is 10.1. The number of benzene rings is 1. The molecule has 2 aromatic rings. The van der Waals surface area contributed by atoms with E-state index in [2.05, 4.69) is 35.5 Å². The molecular formula is C14H18N2OS. The molecule has 1 heterocycles. The molecule has 0 saturated heterocycles. The van der Waals surface area contributed by atoms with Crippen molar-refractivity contribution in [3.63, 3.8) is 0 Å². The van der Waals surface area contributed by atoms with Crippen molar-refractivity contribution in [1.29, 1.82) is 0 Å². The highest BCUT2D eigenvalue weighted by Crippen LogP contribution is 2.33. The van der Waals surface area contributed by atoms with E-state index in [0.717, 1.165) is 11.4 Å². The largest absolute Gasteiger partial charge is 0.495 e. The van der Waals surface area contributed by atoms with Crippen LogP contribution in [0.5, 0.6) is 5.75 Å². The summed E-state index contributed by atoms with van der Waals surface area (Å²) in [6, 6.07) is 12.4. The number of hydrogen-bond donors (Lipinski definition) is 1. The monoisotopic (exact) mass is 262 g/mol. The highest BCUT2D eigenvalue weighted by molar-refractivity contribution is 7.10. The van der Waals surface area contributed by atoms with Gasteiger partial charge in [0.2, 0.25) is 0 Å².